The van der Waals surface area contributed by atoms with Crippen molar-refractivity contribution in [1.29, 1.82) is 0 Å². The zero-order valence-corrected chi connectivity index (χ0v) is 18.3. The summed E-state index contributed by atoms with van der Waals surface area (Å²) < 4.78 is 31.1. The smallest absolute Gasteiger partial charge is 0.225 e. The van der Waals surface area contributed by atoms with Crippen LogP contribution in [0.25, 0.3) is 10.2 Å². The Bertz CT molecular complexity index is 991. The van der Waals surface area contributed by atoms with E-state index in [9.17, 15) is 13.2 Å². The highest BCUT2D eigenvalue weighted by atomic mass is 32.2. The van der Waals surface area contributed by atoms with E-state index in [0.717, 1.165) is 34.2 Å². The molecule has 158 valence electrons. The number of anilines is 1. The monoisotopic (exact) mass is 438 g/mol. The molecule has 1 amide bonds. The summed E-state index contributed by atoms with van der Waals surface area (Å²) in [6, 6.07) is 5.88. The molecule has 0 aliphatic carbocycles. The van der Waals surface area contributed by atoms with Crippen LogP contribution in [0.3, 0.4) is 0 Å². The van der Waals surface area contributed by atoms with E-state index in [1.54, 1.807) is 18.4 Å². The molecular weight excluding hydrogens is 412 g/mol. The Labute approximate surface area is 175 Å². The van der Waals surface area contributed by atoms with Gasteiger partial charge in [0.25, 0.3) is 0 Å². The molecule has 0 saturated carbocycles. The third kappa shape index (κ3) is 4.34. The number of fused-ring (bicyclic) bond motifs is 1. The Kier molecular flexibility index (Phi) is 5.67. The van der Waals surface area contributed by atoms with Gasteiger partial charge in [-0.15, -0.1) is 0 Å². The molecule has 2 saturated heterocycles. The second-order valence-electron chi connectivity index (χ2n) is 7.58. The van der Waals surface area contributed by atoms with Gasteiger partial charge in [-0.1, -0.05) is 11.3 Å². The number of hydrogen-bond acceptors (Lipinski definition) is 7. The molecule has 0 bridgehead atoms. The standard InChI is InChI=1S/C19H26N4O4S2/c1-27-15-3-4-16-17(13-15)28-19(20-16)22-11-9-21(10-12-22)18(24)14-5-7-23(8-6-14)29(2,25)26/h3-4,13-14H,5-12H2,1-2H3. The van der Waals surface area contributed by atoms with Gasteiger partial charge in [-0.25, -0.2) is 17.7 Å². The SMILES string of the molecule is COc1ccc2nc(N3CCN(C(=O)C4CCN(S(C)(=O)=O)CC4)CC3)sc2c1. The molecule has 8 nitrogen and oxygen atoms in total. The van der Waals surface area contributed by atoms with Crippen LogP contribution in [0.15, 0.2) is 18.2 Å². The zero-order valence-electron chi connectivity index (χ0n) is 16.7. The van der Waals surface area contributed by atoms with Crippen molar-refractivity contribution in [1.82, 2.24) is 14.2 Å². The molecule has 0 radical (unpaired) electrons. The van der Waals surface area contributed by atoms with Crippen LogP contribution in [-0.4, -0.2) is 81.1 Å². The lowest BCUT2D eigenvalue weighted by Gasteiger charge is -2.38. The fourth-order valence-corrected chi connectivity index (χ4v) is 5.89. The fourth-order valence-electron chi connectivity index (χ4n) is 3.97. The summed E-state index contributed by atoms with van der Waals surface area (Å²) in [5, 5.41) is 0.974. The summed E-state index contributed by atoms with van der Waals surface area (Å²) in [5.41, 5.74) is 0.960. The molecule has 2 aliphatic rings. The number of carbonyl (C=O) groups excluding carboxylic acids is 1. The summed E-state index contributed by atoms with van der Waals surface area (Å²) in [7, 11) is -1.51. The van der Waals surface area contributed by atoms with Gasteiger partial charge in [-0.05, 0) is 31.0 Å². The first-order valence-corrected chi connectivity index (χ1v) is 12.4. The maximum Gasteiger partial charge on any atom is 0.225 e. The number of ether oxygens (including phenoxy) is 1. The number of nitrogens with zero attached hydrogens (tertiary/aromatic N) is 4. The molecule has 2 fully saturated rings. The third-order valence-electron chi connectivity index (χ3n) is 5.72. The second-order valence-corrected chi connectivity index (χ2v) is 10.6. The molecule has 2 aromatic rings. The number of amides is 1. The lowest BCUT2D eigenvalue weighted by molar-refractivity contribution is -0.137. The van der Waals surface area contributed by atoms with Gasteiger partial charge in [0.15, 0.2) is 5.13 Å². The van der Waals surface area contributed by atoms with E-state index >= 15 is 0 Å². The molecular formula is C19H26N4O4S2. The van der Waals surface area contributed by atoms with E-state index in [1.165, 1.54) is 10.6 Å². The molecule has 29 heavy (non-hydrogen) atoms. The minimum Gasteiger partial charge on any atom is -0.497 e. The number of methoxy groups -OCH3 is 1. The Morgan fingerprint density at radius 3 is 2.45 bits per heavy atom. The summed E-state index contributed by atoms with van der Waals surface area (Å²) >= 11 is 1.64. The van der Waals surface area contributed by atoms with Crippen molar-refractivity contribution in [2.75, 3.05) is 57.5 Å². The molecule has 0 N–H and O–H groups in total. The van der Waals surface area contributed by atoms with E-state index in [4.69, 9.17) is 9.72 Å². The van der Waals surface area contributed by atoms with Crippen LogP contribution >= 0.6 is 11.3 Å². The Morgan fingerprint density at radius 2 is 1.83 bits per heavy atom. The van der Waals surface area contributed by atoms with Gasteiger partial charge in [0.1, 0.15) is 5.75 Å². The molecule has 3 heterocycles. The lowest BCUT2D eigenvalue weighted by Crippen LogP contribution is -2.52. The molecule has 2 aliphatic heterocycles. The average molecular weight is 439 g/mol. The first kappa shape index (κ1) is 20.4. The van der Waals surface area contributed by atoms with Crippen LogP contribution in [0.1, 0.15) is 12.8 Å². The number of thiazole rings is 1. The number of rotatable bonds is 4. The van der Waals surface area contributed by atoms with Gasteiger partial charge >= 0.3 is 0 Å². The Balaban J connectivity index is 1.34. The van der Waals surface area contributed by atoms with E-state index in [2.05, 4.69) is 4.90 Å². The number of piperazine rings is 1. The number of aromatic nitrogens is 1. The number of carbonyl (C=O) groups is 1. The van der Waals surface area contributed by atoms with Crippen LogP contribution in [0.5, 0.6) is 5.75 Å². The normalized spacial score (nSPS) is 19.7. The van der Waals surface area contributed by atoms with Gasteiger partial charge < -0.3 is 14.5 Å². The third-order valence-corrected chi connectivity index (χ3v) is 8.10. The largest absolute Gasteiger partial charge is 0.497 e. The minimum atomic E-state index is -3.17. The van der Waals surface area contributed by atoms with Gasteiger partial charge in [-0.2, -0.15) is 0 Å². The van der Waals surface area contributed by atoms with Crippen molar-refractivity contribution in [2.45, 2.75) is 12.8 Å². The topological polar surface area (TPSA) is 83.1 Å². The minimum absolute atomic E-state index is 0.0746. The predicted octanol–water partition coefficient (Wildman–Crippen LogP) is 1.63. The van der Waals surface area contributed by atoms with Crippen LogP contribution in [-0.2, 0) is 14.8 Å². The van der Waals surface area contributed by atoms with E-state index in [0.29, 0.717) is 39.0 Å². The van der Waals surface area contributed by atoms with Gasteiger partial charge in [0.2, 0.25) is 15.9 Å². The molecule has 0 atom stereocenters. The maximum absolute atomic E-state index is 12.9. The first-order valence-electron chi connectivity index (χ1n) is 9.78. The van der Waals surface area contributed by atoms with Crippen molar-refractivity contribution >= 4 is 42.6 Å². The zero-order chi connectivity index (χ0) is 20.6. The number of benzene rings is 1. The van der Waals surface area contributed by atoms with Crippen molar-refractivity contribution in [3.05, 3.63) is 18.2 Å². The van der Waals surface area contributed by atoms with Gasteiger partial charge in [-0.3, -0.25) is 4.79 Å². The Morgan fingerprint density at radius 1 is 1.14 bits per heavy atom. The van der Waals surface area contributed by atoms with Crippen LogP contribution in [0.2, 0.25) is 0 Å². The molecule has 0 spiro atoms. The second kappa shape index (κ2) is 8.08. The summed E-state index contributed by atoms with van der Waals surface area (Å²) in [5.74, 6) is 0.909. The highest BCUT2D eigenvalue weighted by molar-refractivity contribution is 7.88. The van der Waals surface area contributed by atoms with E-state index < -0.39 is 10.0 Å². The average Bonchev–Trinajstić information content (AvgIpc) is 3.16. The lowest BCUT2D eigenvalue weighted by atomic mass is 9.96. The molecule has 0 unspecified atom stereocenters. The number of piperidine rings is 1. The molecule has 10 heteroatoms. The predicted molar refractivity (Wildman–Crippen MR) is 114 cm³/mol. The highest BCUT2D eigenvalue weighted by Crippen LogP contribution is 2.32. The van der Waals surface area contributed by atoms with Crippen LogP contribution < -0.4 is 9.64 Å². The molecule has 4 rings (SSSR count). The van der Waals surface area contributed by atoms with Crippen LogP contribution in [0.4, 0.5) is 5.13 Å². The van der Waals surface area contributed by atoms with Crippen molar-refractivity contribution in [2.24, 2.45) is 5.92 Å². The van der Waals surface area contributed by atoms with Gasteiger partial charge in [0.05, 0.1) is 23.6 Å². The van der Waals surface area contributed by atoms with E-state index in [1.807, 2.05) is 23.1 Å². The molecule has 1 aromatic heterocycles. The summed E-state index contributed by atoms with van der Waals surface area (Å²) in [6.07, 6.45) is 2.43. The van der Waals surface area contributed by atoms with Crippen molar-refractivity contribution in [3.63, 3.8) is 0 Å². The highest BCUT2D eigenvalue weighted by Gasteiger charge is 2.33. The first-order chi connectivity index (χ1) is 13.8. The van der Waals surface area contributed by atoms with Crippen molar-refractivity contribution in [3.8, 4) is 5.75 Å². The van der Waals surface area contributed by atoms with Crippen molar-refractivity contribution < 1.29 is 17.9 Å². The number of hydrogen-bond donors (Lipinski definition) is 0. The summed E-state index contributed by atoms with van der Waals surface area (Å²) in [6.45, 7) is 3.72. The number of sulfonamides is 1. The Hall–Kier alpha value is -1.91. The van der Waals surface area contributed by atoms with Gasteiger partial charge in [0, 0.05) is 45.2 Å². The quantitative estimate of drug-likeness (QED) is 0.722. The maximum atomic E-state index is 12.9. The van der Waals surface area contributed by atoms with E-state index in [-0.39, 0.29) is 11.8 Å². The summed E-state index contributed by atoms with van der Waals surface area (Å²) in [4.78, 5) is 21.8. The van der Waals surface area contributed by atoms with Crippen LogP contribution in [0, 0.1) is 5.92 Å². The molecule has 1 aromatic carbocycles. The fraction of sp³-hybridized carbons (Fsp3) is 0.579.